The summed E-state index contributed by atoms with van der Waals surface area (Å²) in [5.74, 6) is -2.08. The van der Waals surface area contributed by atoms with Crippen molar-refractivity contribution < 1.29 is 14.3 Å². The summed E-state index contributed by atoms with van der Waals surface area (Å²) < 4.78 is 4.61. The largest absolute Gasteiger partial charge is 0.468 e. The summed E-state index contributed by atoms with van der Waals surface area (Å²) in [7, 11) is 1.24. The molecule has 4 heteroatoms. The van der Waals surface area contributed by atoms with Gasteiger partial charge in [0, 0.05) is 12.3 Å². The van der Waals surface area contributed by atoms with Crippen LogP contribution < -0.4 is 0 Å². The van der Waals surface area contributed by atoms with Crippen molar-refractivity contribution in [2.24, 2.45) is 5.92 Å². The van der Waals surface area contributed by atoms with Crippen molar-refractivity contribution in [1.82, 2.24) is 0 Å². The first-order chi connectivity index (χ1) is 8.60. The molecule has 0 saturated carbocycles. The van der Waals surface area contributed by atoms with Gasteiger partial charge in [-0.15, -0.1) is 0 Å². The van der Waals surface area contributed by atoms with E-state index in [2.05, 4.69) is 4.74 Å². The van der Waals surface area contributed by atoms with Crippen molar-refractivity contribution >= 4 is 11.8 Å². The molecule has 18 heavy (non-hydrogen) atoms. The fourth-order valence-electron chi connectivity index (χ4n) is 1.87. The lowest BCUT2D eigenvalue weighted by atomic mass is 9.83. The number of benzene rings is 1. The van der Waals surface area contributed by atoms with E-state index in [1.54, 1.807) is 12.1 Å². The highest BCUT2D eigenvalue weighted by atomic mass is 16.5. The summed E-state index contributed by atoms with van der Waals surface area (Å²) in [6.07, 6.45) is 0.150. The third-order valence-electron chi connectivity index (χ3n) is 2.73. The topological polar surface area (TPSA) is 67.2 Å². The van der Waals surface area contributed by atoms with Gasteiger partial charge in [-0.25, -0.2) is 0 Å². The molecule has 2 atom stereocenters. The molecule has 0 fully saturated rings. The van der Waals surface area contributed by atoms with Crippen LogP contribution in [0.5, 0.6) is 0 Å². The van der Waals surface area contributed by atoms with Gasteiger partial charge in [-0.1, -0.05) is 30.3 Å². The standard InChI is InChI=1S/C14H15NO3/c1-10(16)8-12(11-6-4-3-5-7-11)13(9-15)14(17)18-2/h3-7,12-13H,8H2,1-2H3/t12-,13?/m1/s1. The number of ketones is 1. The fourth-order valence-corrected chi connectivity index (χ4v) is 1.87. The summed E-state index contributed by atoms with van der Waals surface area (Å²) in [5, 5.41) is 9.11. The molecule has 0 aliphatic rings. The van der Waals surface area contributed by atoms with Gasteiger partial charge in [0.1, 0.15) is 5.78 Å². The van der Waals surface area contributed by atoms with Crippen LogP contribution >= 0.6 is 0 Å². The first kappa shape index (κ1) is 13.9. The Bertz CT molecular complexity index is 462. The number of nitriles is 1. The molecule has 1 aromatic carbocycles. The van der Waals surface area contributed by atoms with Crippen LogP contribution in [-0.2, 0) is 14.3 Å². The molecule has 0 saturated heterocycles. The van der Waals surface area contributed by atoms with Gasteiger partial charge in [0.05, 0.1) is 13.2 Å². The van der Waals surface area contributed by atoms with E-state index in [0.717, 1.165) is 5.56 Å². The molecule has 0 heterocycles. The van der Waals surface area contributed by atoms with Crippen LogP contribution in [0.4, 0.5) is 0 Å². The fraction of sp³-hybridized carbons (Fsp3) is 0.357. The van der Waals surface area contributed by atoms with Gasteiger partial charge >= 0.3 is 5.97 Å². The average Bonchev–Trinajstić information content (AvgIpc) is 2.38. The highest BCUT2D eigenvalue weighted by Crippen LogP contribution is 2.29. The first-order valence-electron chi connectivity index (χ1n) is 5.62. The van der Waals surface area contributed by atoms with Crippen molar-refractivity contribution in [3.05, 3.63) is 35.9 Å². The number of nitrogens with zero attached hydrogens (tertiary/aromatic N) is 1. The lowest BCUT2D eigenvalue weighted by Gasteiger charge is -2.19. The SMILES string of the molecule is COC(=O)C(C#N)[C@H](CC(C)=O)c1ccccc1. The Hall–Kier alpha value is -2.15. The third-order valence-corrected chi connectivity index (χ3v) is 2.73. The van der Waals surface area contributed by atoms with E-state index in [0.29, 0.717) is 0 Å². The quantitative estimate of drug-likeness (QED) is 0.745. The number of hydrogen-bond donors (Lipinski definition) is 0. The monoisotopic (exact) mass is 245 g/mol. The number of methoxy groups -OCH3 is 1. The van der Waals surface area contributed by atoms with E-state index in [1.165, 1.54) is 14.0 Å². The molecule has 1 rings (SSSR count). The Labute approximate surface area is 106 Å². The van der Waals surface area contributed by atoms with Crippen molar-refractivity contribution in [1.29, 1.82) is 5.26 Å². The van der Waals surface area contributed by atoms with Crippen LogP contribution in [0, 0.1) is 17.2 Å². The lowest BCUT2D eigenvalue weighted by Crippen LogP contribution is -2.24. The summed E-state index contributed by atoms with van der Waals surface area (Å²) in [5.41, 5.74) is 0.796. The van der Waals surface area contributed by atoms with E-state index < -0.39 is 17.8 Å². The van der Waals surface area contributed by atoms with Crippen LogP contribution in [0.1, 0.15) is 24.8 Å². The zero-order valence-electron chi connectivity index (χ0n) is 10.4. The Morgan fingerprint density at radius 2 is 1.94 bits per heavy atom. The van der Waals surface area contributed by atoms with E-state index in [4.69, 9.17) is 5.26 Å². The minimum absolute atomic E-state index is 0.0620. The number of carbonyl (C=O) groups is 2. The number of carbonyl (C=O) groups excluding carboxylic acids is 2. The molecule has 0 radical (unpaired) electrons. The predicted molar refractivity (Wildman–Crippen MR) is 65.6 cm³/mol. The van der Waals surface area contributed by atoms with Crippen molar-refractivity contribution in [2.45, 2.75) is 19.3 Å². The zero-order valence-corrected chi connectivity index (χ0v) is 10.4. The van der Waals surface area contributed by atoms with Gasteiger partial charge in [-0.3, -0.25) is 4.79 Å². The lowest BCUT2D eigenvalue weighted by molar-refractivity contribution is -0.144. The Morgan fingerprint density at radius 1 is 1.33 bits per heavy atom. The molecule has 94 valence electrons. The normalized spacial score (nSPS) is 13.2. The number of esters is 1. The second-order valence-electron chi connectivity index (χ2n) is 4.05. The number of Topliss-reactive ketones (excluding diaryl/α,β-unsaturated/α-hetero) is 1. The number of rotatable bonds is 5. The molecule has 0 aliphatic heterocycles. The van der Waals surface area contributed by atoms with E-state index >= 15 is 0 Å². The van der Waals surface area contributed by atoms with E-state index in [-0.39, 0.29) is 12.2 Å². The Morgan fingerprint density at radius 3 is 2.39 bits per heavy atom. The van der Waals surface area contributed by atoms with Crippen LogP contribution in [0.2, 0.25) is 0 Å². The second-order valence-corrected chi connectivity index (χ2v) is 4.05. The van der Waals surface area contributed by atoms with Gasteiger partial charge in [0.25, 0.3) is 0 Å². The second kappa shape index (κ2) is 6.55. The molecular formula is C14H15NO3. The van der Waals surface area contributed by atoms with E-state index in [9.17, 15) is 9.59 Å². The van der Waals surface area contributed by atoms with Gasteiger partial charge < -0.3 is 9.53 Å². The molecule has 0 spiro atoms. The molecule has 0 amide bonds. The minimum atomic E-state index is -0.957. The first-order valence-corrected chi connectivity index (χ1v) is 5.62. The minimum Gasteiger partial charge on any atom is -0.468 e. The maximum Gasteiger partial charge on any atom is 0.323 e. The molecule has 1 aromatic rings. The average molecular weight is 245 g/mol. The predicted octanol–water partition coefficient (Wildman–Crippen LogP) is 2.06. The summed E-state index contributed by atoms with van der Waals surface area (Å²) in [6, 6.07) is 11.0. The van der Waals surface area contributed by atoms with Gasteiger partial charge in [-0.05, 0) is 12.5 Å². The summed E-state index contributed by atoms with van der Waals surface area (Å²) in [4.78, 5) is 22.9. The molecule has 0 aliphatic carbocycles. The van der Waals surface area contributed by atoms with Crippen molar-refractivity contribution in [3.8, 4) is 6.07 Å². The van der Waals surface area contributed by atoms with Crippen LogP contribution in [0.3, 0.4) is 0 Å². The Balaban J connectivity index is 3.09. The molecule has 4 nitrogen and oxygen atoms in total. The van der Waals surface area contributed by atoms with Crippen LogP contribution in [0.25, 0.3) is 0 Å². The smallest absolute Gasteiger partial charge is 0.323 e. The molecule has 0 bridgehead atoms. The van der Waals surface area contributed by atoms with Gasteiger partial charge in [-0.2, -0.15) is 5.26 Å². The Kier molecular flexibility index (Phi) is 5.06. The van der Waals surface area contributed by atoms with Crippen LogP contribution in [-0.4, -0.2) is 18.9 Å². The van der Waals surface area contributed by atoms with Crippen molar-refractivity contribution in [2.75, 3.05) is 7.11 Å². The summed E-state index contributed by atoms with van der Waals surface area (Å²) >= 11 is 0. The molecule has 0 N–H and O–H groups in total. The number of ether oxygens (including phenoxy) is 1. The maximum absolute atomic E-state index is 11.6. The molecule has 0 aromatic heterocycles. The number of hydrogen-bond acceptors (Lipinski definition) is 4. The zero-order chi connectivity index (χ0) is 13.5. The summed E-state index contributed by atoms with van der Waals surface area (Å²) in [6.45, 7) is 1.45. The maximum atomic E-state index is 11.6. The van der Waals surface area contributed by atoms with Gasteiger partial charge in [0.2, 0.25) is 0 Å². The third kappa shape index (κ3) is 3.42. The molecular weight excluding hydrogens is 230 g/mol. The highest BCUT2D eigenvalue weighted by Gasteiger charge is 2.31. The van der Waals surface area contributed by atoms with Crippen LogP contribution in [0.15, 0.2) is 30.3 Å². The highest BCUT2D eigenvalue weighted by molar-refractivity contribution is 5.80. The van der Waals surface area contributed by atoms with Crippen molar-refractivity contribution in [3.63, 3.8) is 0 Å². The van der Waals surface area contributed by atoms with E-state index in [1.807, 2.05) is 24.3 Å². The molecule has 1 unspecified atom stereocenters. The van der Waals surface area contributed by atoms with Gasteiger partial charge in [0.15, 0.2) is 5.92 Å².